The van der Waals surface area contributed by atoms with Crippen LogP contribution in [0.3, 0.4) is 0 Å². The molecule has 0 aliphatic heterocycles. The fraction of sp³-hybridized carbons (Fsp3) is 0.267. The van der Waals surface area contributed by atoms with Crippen LogP contribution >= 0.6 is 0 Å². The first-order valence-electron chi connectivity index (χ1n) is 11.8. The van der Waals surface area contributed by atoms with Gasteiger partial charge in [-0.1, -0.05) is 51.1 Å². The van der Waals surface area contributed by atoms with E-state index < -0.39 is 0 Å². The van der Waals surface area contributed by atoms with E-state index in [1.54, 1.807) is 0 Å². The third-order valence-electron chi connectivity index (χ3n) is 6.46. The van der Waals surface area contributed by atoms with Crippen molar-refractivity contribution in [3.05, 3.63) is 94.9 Å². The molecule has 1 atom stereocenters. The van der Waals surface area contributed by atoms with E-state index in [-0.39, 0.29) is 5.92 Å². The first-order valence-corrected chi connectivity index (χ1v) is 11.8. The van der Waals surface area contributed by atoms with Crippen molar-refractivity contribution in [2.24, 2.45) is 5.92 Å². The quantitative estimate of drug-likeness (QED) is 0.281. The second kappa shape index (κ2) is 8.47. The molecule has 3 nitrogen and oxygen atoms in total. The van der Waals surface area contributed by atoms with Gasteiger partial charge in [-0.2, -0.15) is 0 Å². The number of furan rings is 1. The van der Waals surface area contributed by atoms with Crippen molar-refractivity contribution in [2.45, 2.75) is 47.0 Å². The van der Waals surface area contributed by atoms with Crippen LogP contribution in [0.5, 0.6) is 0 Å². The number of hydrogen-bond acceptors (Lipinski definition) is 3. The highest BCUT2D eigenvalue weighted by Crippen LogP contribution is 2.38. The second-order valence-electron chi connectivity index (χ2n) is 9.56. The molecule has 0 saturated carbocycles. The Bertz CT molecular complexity index is 1450. The second-order valence-corrected chi connectivity index (χ2v) is 9.56. The molecule has 0 amide bonds. The molecule has 5 aromatic rings. The molecule has 0 N–H and O–H groups in total. The minimum atomic E-state index is 0.160. The van der Waals surface area contributed by atoms with Crippen molar-refractivity contribution < 1.29 is 4.42 Å². The molecule has 166 valence electrons. The van der Waals surface area contributed by atoms with Crippen molar-refractivity contribution in [2.75, 3.05) is 0 Å². The molecule has 33 heavy (non-hydrogen) atoms. The zero-order valence-electron chi connectivity index (χ0n) is 20.0. The summed E-state index contributed by atoms with van der Waals surface area (Å²) in [5, 5.41) is 2.20. The zero-order chi connectivity index (χ0) is 23.1. The molecule has 0 spiro atoms. The lowest BCUT2D eigenvalue weighted by molar-refractivity contribution is 0.644. The number of aromatic nitrogens is 2. The Hall–Kier alpha value is -3.46. The van der Waals surface area contributed by atoms with Crippen LogP contribution in [-0.2, 0) is 6.42 Å². The Labute approximate surface area is 195 Å². The van der Waals surface area contributed by atoms with E-state index in [1.165, 1.54) is 16.7 Å². The minimum absolute atomic E-state index is 0.160. The van der Waals surface area contributed by atoms with Gasteiger partial charge in [0.15, 0.2) is 0 Å². The Balaban J connectivity index is 1.69. The van der Waals surface area contributed by atoms with Crippen LogP contribution in [-0.4, -0.2) is 9.97 Å². The maximum Gasteiger partial charge on any atom is 0.139 e. The van der Waals surface area contributed by atoms with Crippen molar-refractivity contribution in [1.82, 2.24) is 9.97 Å². The highest BCUT2D eigenvalue weighted by Gasteiger charge is 2.20. The molecule has 0 fully saturated rings. The summed E-state index contributed by atoms with van der Waals surface area (Å²) >= 11 is 0. The third-order valence-corrected chi connectivity index (χ3v) is 6.46. The van der Waals surface area contributed by atoms with Crippen molar-refractivity contribution in [3.8, 4) is 11.3 Å². The Kier molecular flexibility index (Phi) is 5.49. The van der Waals surface area contributed by atoms with Crippen molar-refractivity contribution >= 4 is 21.9 Å². The summed E-state index contributed by atoms with van der Waals surface area (Å²) in [6, 6.07) is 21.2. The Morgan fingerprint density at radius 1 is 0.879 bits per heavy atom. The van der Waals surface area contributed by atoms with E-state index in [0.29, 0.717) is 5.92 Å². The van der Waals surface area contributed by atoms with Crippen LogP contribution in [0.25, 0.3) is 33.2 Å². The molecule has 1 unspecified atom stereocenters. The van der Waals surface area contributed by atoms with Crippen molar-refractivity contribution in [1.29, 1.82) is 0 Å². The molecule has 0 bridgehead atoms. The van der Waals surface area contributed by atoms with Gasteiger partial charge < -0.3 is 4.42 Å². The van der Waals surface area contributed by atoms with Gasteiger partial charge in [-0.3, -0.25) is 9.97 Å². The van der Waals surface area contributed by atoms with Gasteiger partial charge in [0.05, 0.1) is 16.8 Å². The van der Waals surface area contributed by atoms with Gasteiger partial charge in [0, 0.05) is 34.8 Å². The molecule has 0 aliphatic carbocycles. The molecular weight excluding hydrogens is 404 g/mol. The molecule has 3 aromatic heterocycles. The Morgan fingerprint density at radius 3 is 2.42 bits per heavy atom. The van der Waals surface area contributed by atoms with E-state index in [1.807, 2.05) is 19.2 Å². The molecular formula is C30H30N2O. The van der Waals surface area contributed by atoms with Crippen LogP contribution < -0.4 is 0 Å². The largest absolute Gasteiger partial charge is 0.456 e. The number of nitrogens with zero attached hydrogens (tertiary/aromatic N) is 2. The molecule has 2 aromatic carbocycles. The highest BCUT2D eigenvalue weighted by atomic mass is 16.3. The maximum atomic E-state index is 6.29. The summed E-state index contributed by atoms with van der Waals surface area (Å²) in [7, 11) is 0. The third kappa shape index (κ3) is 4.04. The van der Waals surface area contributed by atoms with Crippen LogP contribution in [0.2, 0.25) is 0 Å². The Morgan fingerprint density at radius 2 is 1.67 bits per heavy atom. The fourth-order valence-electron chi connectivity index (χ4n) is 4.71. The molecule has 5 rings (SSSR count). The van der Waals surface area contributed by atoms with Gasteiger partial charge in [0.1, 0.15) is 11.2 Å². The van der Waals surface area contributed by atoms with Gasteiger partial charge in [-0.15, -0.1) is 0 Å². The smallest absolute Gasteiger partial charge is 0.139 e. The lowest BCUT2D eigenvalue weighted by atomic mass is 9.93. The van der Waals surface area contributed by atoms with E-state index in [9.17, 15) is 0 Å². The number of aryl methyl sites for hydroxylation is 2. The zero-order valence-corrected chi connectivity index (χ0v) is 20.0. The SMILES string of the molecule is Cc1cc2oc3ccc(-c4cc(CC(C)C)c(C)cn4)cc3c2c(C(C)c2ccccc2)n1. The summed E-state index contributed by atoms with van der Waals surface area (Å²) in [5.41, 5.74) is 9.79. The molecule has 0 radical (unpaired) electrons. The van der Waals surface area contributed by atoms with Crippen LogP contribution in [0, 0.1) is 19.8 Å². The summed E-state index contributed by atoms with van der Waals surface area (Å²) in [6.07, 6.45) is 3.05. The van der Waals surface area contributed by atoms with Crippen LogP contribution in [0.4, 0.5) is 0 Å². The highest BCUT2D eigenvalue weighted by molar-refractivity contribution is 6.07. The first-order chi connectivity index (χ1) is 15.9. The van der Waals surface area contributed by atoms with Gasteiger partial charge >= 0.3 is 0 Å². The first kappa shape index (κ1) is 21.4. The average molecular weight is 435 g/mol. The van der Waals surface area contributed by atoms with Gasteiger partial charge in [-0.25, -0.2) is 0 Å². The van der Waals surface area contributed by atoms with Crippen LogP contribution in [0.15, 0.2) is 71.3 Å². The fourth-order valence-corrected chi connectivity index (χ4v) is 4.71. The number of rotatable bonds is 5. The lowest BCUT2D eigenvalue weighted by Crippen LogP contribution is -2.01. The van der Waals surface area contributed by atoms with E-state index in [4.69, 9.17) is 14.4 Å². The van der Waals surface area contributed by atoms with E-state index in [2.05, 4.69) is 82.3 Å². The summed E-state index contributed by atoms with van der Waals surface area (Å²) in [6.45, 7) is 10.9. The van der Waals surface area contributed by atoms with E-state index >= 15 is 0 Å². The molecule has 3 heteroatoms. The topological polar surface area (TPSA) is 38.9 Å². The monoisotopic (exact) mass is 434 g/mol. The lowest BCUT2D eigenvalue weighted by Gasteiger charge is -2.14. The number of pyridine rings is 2. The van der Waals surface area contributed by atoms with Crippen LogP contribution in [0.1, 0.15) is 54.8 Å². The summed E-state index contributed by atoms with van der Waals surface area (Å²) < 4.78 is 6.29. The van der Waals surface area contributed by atoms with Gasteiger partial charge in [-0.05, 0) is 67.1 Å². The maximum absolute atomic E-state index is 6.29. The predicted molar refractivity (Wildman–Crippen MR) is 137 cm³/mol. The predicted octanol–water partition coefficient (Wildman–Crippen LogP) is 8.01. The van der Waals surface area contributed by atoms with Gasteiger partial charge in [0.2, 0.25) is 0 Å². The summed E-state index contributed by atoms with van der Waals surface area (Å²) in [5.74, 6) is 0.767. The molecule has 0 aliphatic rings. The number of fused-ring (bicyclic) bond motifs is 3. The molecule has 0 saturated heterocycles. The summed E-state index contributed by atoms with van der Waals surface area (Å²) in [4.78, 5) is 9.75. The van der Waals surface area contributed by atoms with Crippen molar-refractivity contribution in [3.63, 3.8) is 0 Å². The number of hydrogen-bond donors (Lipinski definition) is 0. The average Bonchev–Trinajstić information content (AvgIpc) is 3.17. The molecule has 3 heterocycles. The number of benzene rings is 2. The standard InChI is InChI=1S/C30H30N2O/c1-18(2)13-24-16-26(31-17-19(24)3)23-11-12-27-25(15-23)29-28(33-27)14-20(4)32-30(29)21(5)22-9-7-6-8-10-22/h6-12,14-18,21H,13H2,1-5H3. The van der Waals surface area contributed by atoms with E-state index in [0.717, 1.165) is 51.0 Å². The minimum Gasteiger partial charge on any atom is -0.456 e. The normalized spacial score (nSPS) is 12.7. The van der Waals surface area contributed by atoms with Gasteiger partial charge in [0.25, 0.3) is 0 Å².